The molecule has 3 aliphatic rings. The summed E-state index contributed by atoms with van der Waals surface area (Å²) in [4.78, 5) is 39.4. The average Bonchev–Trinajstić information content (AvgIpc) is 2.83. The van der Waals surface area contributed by atoms with Crippen molar-refractivity contribution in [1.82, 2.24) is 0 Å². The smallest absolute Gasteiger partial charge is 0.330 e. The third-order valence-corrected chi connectivity index (χ3v) is 5.88. The van der Waals surface area contributed by atoms with Crippen LogP contribution in [0.3, 0.4) is 0 Å². The van der Waals surface area contributed by atoms with Gasteiger partial charge in [0.15, 0.2) is 17.1 Å². The Kier molecular flexibility index (Phi) is 6.71. The van der Waals surface area contributed by atoms with E-state index in [9.17, 15) is 30.3 Å². The molecule has 180 valence electrons. The molecule has 0 spiro atoms. The van der Waals surface area contributed by atoms with E-state index in [1.165, 1.54) is 14.7 Å². The number of anilines is 3. The summed E-state index contributed by atoms with van der Waals surface area (Å²) < 4.78 is 16.0. The Balaban J connectivity index is 2.10. The molecule has 0 N–H and O–H groups in total. The van der Waals surface area contributed by atoms with Gasteiger partial charge in [-0.1, -0.05) is 0 Å². The Labute approximate surface area is 187 Å². The van der Waals surface area contributed by atoms with E-state index in [4.69, 9.17) is 14.2 Å². The number of rotatable bonds is 6. The first kappa shape index (κ1) is 22.9. The van der Waals surface area contributed by atoms with Crippen molar-refractivity contribution in [3.8, 4) is 0 Å². The lowest BCUT2D eigenvalue weighted by molar-refractivity contribution is -0.400. The number of morpholine rings is 3. The van der Waals surface area contributed by atoms with Gasteiger partial charge in [-0.25, -0.2) is 0 Å². The van der Waals surface area contributed by atoms with Gasteiger partial charge in [-0.05, 0) is 0 Å². The number of nitro benzene ring substituents is 3. The molecule has 0 amide bonds. The van der Waals surface area contributed by atoms with E-state index in [0.717, 1.165) is 0 Å². The molecule has 0 bridgehead atoms. The maximum Gasteiger partial charge on any atom is 0.330 e. The number of ether oxygens (including phenoxy) is 3. The molecular weight excluding hydrogens is 444 g/mol. The van der Waals surface area contributed by atoms with Crippen molar-refractivity contribution in [3.05, 3.63) is 30.3 Å². The van der Waals surface area contributed by atoms with Crippen molar-refractivity contribution < 1.29 is 29.0 Å². The molecule has 0 unspecified atom stereocenters. The third-order valence-electron chi connectivity index (χ3n) is 5.88. The molecule has 3 saturated heterocycles. The van der Waals surface area contributed by atoms with Gasteiger partial charge in [-0.2, -0.15) is 0 Å². The minimum absolute atomic E-state index is 0.185. The summed E-state index contributed by atoms with van der Waals surface area (Å²) in [6.45, 7) is 2.47. The van der Waals surface area contributed by atoms with Crippen LogP contribution >= 0.6 is 0 Å². The monoisotopic (exact) mass is 468 g/mol. The molecule has 0 aliphatic carbocycles. The van der Waals surface area contributed by atoms with Gasteiger partial charge in [0, 0.05) is 39.3 Å². The second-order valence-electron chi connectivity index (χ2n) is 7.66. The van der Waals surface area contributed by atoms with E-state index in [1.54, 1.807) is 0 Å². The fourth-order valence-electron chi connectivity index (χ4n) is 4.45. The summed E-state index contributed by atoms with van der Waals surface area (Å²) >= 11 is 0. The minimum Gasteiger partial charge on any atom is -0.378 e. The van der Waals surface area contributed by atoms with E-state index >= 15 is 0 Å². The number of hydrogen-bond donors (Lipinski definition) is 0. The van der Waals surface area contributed by atoms with E-state index < -0.39 is 31.8 Å². The summed E-state index contributed by atoms with van der Waals surface area (Å²) in [5, 5.41) is 37.1. The van der Waals surface area contributed by atoms with Crippen molar-refractivity contribution in [2.24, 2.45) is 0 Å². The van der Waals surface area contributed by atoms with Gasteiger partial charge in [0.05, 0.1) is 54.4 Å². The molecule has 1 aromatic carbocycles. The van der Waals surface area contributed by atoms with Crippen molar-refractivity contribution in [2.45, 2.75) is 0 Å². The summed E-state index contributed by atoms with van der Waals surface area (Å²) in [5.74, 6) is 0. The Morgan fingerprint density at radius 3 is 0.879 bits per heavy atom. The topological polar surface area (TPSA) is 167 Å². The van der Waals surface area contributed by atoms with Crippen molar-refractivity contribution >= 4 is 34.1 Å². The number of nitrogens with zero attached hydrogens (tertiary/aromatic N) is 6. The van der Waals surface area contributed by atoms with Gasteiger partial charge in [0.2, 0.25) is 0 Å². The highest BCUT2D eigenvalue weighted by Crippen LogP contribution is 2.56. The molecule has 3 heterocycles. The lowest BCUT2D eigenvalue weighted by Gasteiger charge is -2.34. The average molecular weight is 468 g/mol. The van der Waals surface area contributed by atoms with Gasteiger partial charge in [-0.3, -0.25) is 30.3 Å². The zero-order valence-electron chi connectivity index (χ0n) is 17.8. The summed E-state index contributed by atoms with van der Waals surface area (Å²) in [6.07, 6.45) is 0. The first-order valence-corrected chi connectivity index (χ1v) is 10.6. The van der Waals surface area contributed by atoms with Crippen LogP contribution in [0.25, 0.3) is 0 Å². The van der Waals surface area contributed by atoms with Crippen LogP contribution in [-0.2, 0) is 14.2 Å². The van der Waals surface area contributed by atoms with Crippen LogP contribution in [-0.4, -0.2) is 93.7 Å². The number of benzene rings is 1. The fraction of sp³-hybridized carbons (Fsp3) is 0.667. The Morgan fingerprint density at radius 2 is 0.697 bits per heavy atom. The SMILES string of the molecule is O=[N+]([O-])c1c(N2CCOCC2)c([N+](=O)[O-])c(N2CCOCC2)c([N+](=O)[O-])c1N1CCOCC1. The molecular formula is C18H24N6O9. The lowest BCUT2D eigenvalue weighted by atomic mass is 10.0. The third kappa shape index (κ3) is 4.34. The van der Waals surface area contributed by atoms with Crippen LogP contribution in [0.5, 0.6) is 0 Å². The van der Waals surface area contributed by atoms with Gasteiger partial charge >= 0.3 is 17.1 Å². The molecule has 0 radical (unpaired) electrons. The molecule has 3 aliphatic heterocycles. The molecule has 0 saturated carbocycles. The normalized spacial score (nSPS) is 19.5. The predicted octanol–water partition coefficient (Wildman–Crippen LogP) is 0.921. The highest BCUT2D eigenvalue weighted by atomic mass is 16.6. The first-order valence-electron chi connectivity index (χ1n) is 10.6. The molecule has 1 aromatic rings. The molecule has 15 nitrogen and oxygen atoms in total. The molecule has 3 fully saturated rings. The molecule has 15 heteroatoms. The second kappa shape index (κ2) is 9.68. The van der Waals surface area contributed by atoms with Gasteiger partial charge < -0.3 is 28.9 Å². The van der Waals surface area contributed by atoms with Gasteiger partial charge in [-0.15, -0.1) is 0 Å². The maximum absolute atomic E-state index is 12.4. The van der Waals surface area contributed by atoms with E-state index in [-0.39, 0.29) is 96.0 Å². The predicted molar refractivity (Wildman–Crippen MR) is 116 cm³/mol. The Morgan fingerprint density at radius 1 is 0.485 bits per heavy atom. The zero-order valence-corrected chi connectivity index (χ0v) is 17.8. The van der Waals surface area contributed by atoms with Crippen LogP contribution in [0.4, 0.5) is 34.1 Å². The minimum atomic E-state index is -0.751. The molecule has 4 rings (SSSR count). The lowest BCUT2D eigenvalue weighted by Crippen LogP contribution is -2.41. The van der Waals surface area contributed by atoms with E-state index in [0.29, 0.717) is 0 Å². The highest BCUT2D eigenvalue weighted by Gasteiger charge is 2.48. The van der Waals surface area contributed by atoms with Crippen LogP contribution < -0.4 is 14.7 Å². The summed E-state index contributed by atoms with van der Waals surface area (Å²) in [7, 11) is 0. The van der Waals surface area contributed by atoms with Crippen molar-refractivity contribution in [3.63, 3.8) is 0 Å². The van der Waals surface area contributed by atoms with Crippen LogP contribution in [0.1, 0.15) is 0 Å². The van der Waals surface area contributed by atoms with E-state index in [1.807, 2.05) is 0 Å². The Hall–Kier alpha value is -3.30. The summed E-state index contributed by atoms with van der Waals surface area (Å²) in [5.41, 5.74) is -2.55. The van der Waals surface area contributed by atoms with Crippen LogP contribution in [0.15, 0.2) is 0 Å². The van der Waals surface area contributed by atoms with Crippen molar-refractivity contribution in [2.75, 3.05) is 93.6 Å². The fourth-order valence-corrected chi connectivity index (χ4v) is 4.45. The molecule has 0 atom stereocenters. The zero-order chi connectivity index (χ0) is 23.5. The largest absolute Gasteiger partial charge is 0.378 e. The van der Waals surface area contributed by atoms with Crippen LogP contribution in [0.2, 0.25) is 0 Å². The quantitative estimate of drug-likeness (QED) is 0.428. The molecule has 0 aromatic heterocycles. The highest BCUT2D eigenvalue weighted by molar-refractivity contribution is 6.01. The van der Waals surface area contributed by atoms with Crippen LogP contribution in [0, 0.1) is 30.3 Å². The number of nitro groups is 3. The van der Waals surface area contributed by atoms with Gasteiger partial charge in [0.1, 0.15) is 0 Å². The standard InChI is InChI=1S/C18H24N6O9/c25-22(26)16-13(19-1-7-31-8-2-19)17(23(27)28)15(21-5-11-33-12-6-21)18(24(29)30)14(16)20-3-9-32-10-4-20/h1-12H2. The Bertz CT molecular complexity index is 800. The number of hydrogen-bond acceptors (Lipinski definition) is 12. The van der Waals surface area contributed by atoms with Gasteiger partial charge in [0.25, 0.3) is 0 Å². The summed E-state index contributed by atoms with van der Waals surface area (Å²) in [6, 6.07) is 0. The maximum atomic E-state index is 12.4. The molecule has 33 heavy (non-hydrogen) atoms. The second-order valence-corrected chi connectivity index (χ2v) is 7.66. The van der Waals surface area contributed by atoms with E-state index in [2.05, 4.69) is 0 Å². The van der Waals surface area contributed by atoms with Crippen molar-refractivity contribution in [1.29, 1.82) is 0 Å². The first-order chi connectivity index (χ1) is 15.9.